The van der Waals surface area contributed by atoms with Gasteiger partial charge in [0.25, 0.3) is 0 Å². The molecule has 2 nitrogen and oxygen atoms in total. The maximum absolute atomic E-state index is 12.9. The summed E-state index contributed by atoms with van der Waals surface area (Å²) in [6.07, 6.45) is 7.57. The highest BCUT2D eigenvalue weighted by molar-refractivity contribution is 6.26. The van der Waals surface area contributed by atoms with Gasteiger partial charge in [0.2, 0.25) is 0 Å². The summed E-state index contributed by atoms with van der Waals surface area (Å²) < 4.78 is 0. The number of allylic oxidation sites excluding steroid dienone is 5. The van der Waals surface area contributed by atoms with Gasteiger partial charge in [-0.25, -0.2) is 0 Å². The highest BCUT2D eigenvalue weighted by atomic mass is 16.1. The van der Waals surface area contributed by atoms with E-state index in [1.807, 2.05) is 12.1 Å². The average Bonchev–Trinajstić information content (AvgIpc) is 2.66. The number of rotatable bonds is 7. The van der Waals surface area contributed by atoms with Crippen LogP contribution in [0.15, 0.2) is 65.4 Å². The van der Waals surface area contributed by atoms with Crippen LogP contribution in [0.3, 0.4) is 0 Å². The molecule has 1 unspecified atom stereocenters. The predicted octanol–water partition coefficient (Wildman–Crippen LogP) is 6.26. The van der Waals surface area contributed by atoms with Gasteiger partial charge in [-0.3, -0.25) is 9.59 Å². The maximum Gasteiger partial charge on any atom is 0.190 e. The molecule has 0 fully saturated rings. The van der Waals surface area contributed by atoms with Crippen LogP contribution in [0.4, 0.5) is 0 Å². The van der Waals surface area contributed by atoms with Gasteiger partial charge in [-0.15, -0.1) is 5.73 Å². The lowest BCUT2D eigenvalue weighted by atomic mass is 9.75. The smallest absolute Gasteiger partial charge is 0.190 e. The first-order valence-electron chi connectivity index (χ1n) is 9.25. The zero-order valence-corrected chi connectivity index (χ0v) is 16.3. The fourth-order valence-corrected chi connectivity index (χ4v) is 3.44. The lowest BCUT2D eigenvalue weighted by Crippen LogP contribution is -2.21. The Morgan fingerprint density at radius 1 is 1.19 bits per heavy atom. The van der Waals surface area contributed by atoms with Crippen LogP contribution in [-0.4, -0.2) is 11.6 Å². The van der Waals surface area contributed by atoms with Gasteiger partial charge in [-0.2, -0.15) is 0 Å². The van der Waals surface area contributed by atoms with Crippen molar-refractivity contribution in [2.24, 2.45) is 5.41 Å². The van der Waals surface area contributed by atoms with Crippen LogP contribution in [0.5, 0.6) is 0 Å². The van der Waals surface area contributed by atoms with E-state index in [-0.39, 0.29) is 17.0 Å². The number of ketones is 2. The van der Waals surface area contributed by atoms with E-state index in [1.54, 1.807) is 25.1 Å². The Kier molecular flexibility index (Phi) is 6.34. The normalized spacial score (nSPS) is 16.8. The van der Waals surface area contributed by atoms with Crippen molar-refractivity contribution in [3.05, 3.63) is 76.6 Å². The van der Waals surface area contributed by atoms with Gasteiger partial charge in [0.05, 0.1) is 0 Å². The minimum atomic E-state index is -0.0318. The predicted molar refractivity (Wildman–Crippen MR) is 108 cm³/mol. The molecule has 1 atom stereocenters. The molecule has 0 radical (unpaired) electrons. The molecule has 0 N–H and O–H groups in total. The standard InChI is InChI=1S/C24H28O2/c1-6-8-11-16-24(5,7-2)17(3)14-15-19-18(4)22(25)20-12-9-10-13-21(20)23(19)26/h8-10,12-14H,1,7,11,15-16H2,2-5H3/b17-14+. The third kappa shape index (κ3) is 3.86. The van der Waals surface area contributed by atoms with Crippen molar-refractivity contribution in [3.8, 4) is 0 Å². The molecule has 0 saturated carbocycles. The molecule has 0 amide bonds. The number of hydrogen-bond donors (Lipinski definition) is 0. The molecule has 0 heterocycles. The van der Waals surface area contributed by atoms with E-state index < -0.39 is 0 Å². The van der Waals surface area contributed by atoms with Crippen LogP contribution in [0.25, 0.3) is 0 Å². The number of carbonyl (C=O) groups excluding carboxylic acids is 2. The number of hydrogen-bond acceptors (Lipinski definition) is 2. The topological polar surface area (TPSA) is 34.1 Å². The summed E-state index contributed by atoms with van der Waals surface area (Å²) in [5, 5.41) is 0. The van der Waals surface area contributed by atoms with E-state index in [0.717, 1.165) is 19.3 Å². The Morgan fingerprint density at radius 2 is 1.81 bits per heavy atom. The van der Waals surface area contributed by atoms with Crippen LogP contribution >= 0.6 is 0 Å². The van der Waals surface area contributed by atoms with Gasteiger partial charge < -0.3 is 0 Å². The first-order chi connectivity index (χ1) is 12.4. The molecule has 0 aromatic heterocycles. The fraction of sp³-hybridized carbons (Fsp3) is 0.375. The van der Waals surface area contributed by atoms with E-state index in [0.29, 0.717) is 28.7 Å². The minimum Gasteiger partial charge on any atom is -0.289 e. The zero-order valence-electron chi connectivity index (χ0n) is 16.3. The lowest BCUT2D eigenvalue weighted by molar-refractivity contribution is 0.0973. The third-order valence-electron chi connectivity index (χ3n) is 5.81. The van der Waals surface area contributed by atoms with Gasteiger partial charge in [0, 0.05) is 22.3 Å². The minimum absolute atomic E-state index is 0.0189. The summed E-state index contributed by atoms with van der Waals surface area (Å²) in [6, 6.07) is 7.09. The molecule has 136 valence electrons. The summed E-state index contributed by atoms with van der Waals surface area (Å²) in [4.78, 5) is 25.5. The third-order valence-corrected chi connectivity index (χ3v) is 5.81. The van der Waals surface area contributed by atoms with Crippen LogP contribution < -0.4 is 0 Å². The summed E-state index contributed by atoms with van der Waals surface area (Å²) in [5.74, 6) is -0.0508. The average molecular weight is 348 g/mol. The molecular formula is C24H28O2. The van der Waals surface area contributed by atoms with Crippen LogP contribution in [0.2, 0.25) is 0 Å². The molecule has 0 spiro atoms. The van der Waals surface area contributed by atoms with Gasteiger partial charge in [0.15, 0.2) is 11.6 Å². The molecule has 1 aromatic carbocycles. The second kappa shape index (κ2) is 8.29. The quantitative estimate of drug-likeness (QED) is 0.431. The van der Waals surface area contributed by atoms with Crippen molar-refractivity contribution < 1.29 is 9.59 Å². The largest absolute Gasteiger partial charge is 0.289 e. The van der Waals surface area contributed by atoms with Crippen molar-refractivity contribution in [1.29, 1.82) is 0 Å². The maximum atomic E-state index is 12.9. The number of benzene rings is 1. The first-order valence-corrected chi connectivity index (χ1v) is 9.25. The Labute approximate surface area is 157 Å². The van der Waals surface area contributed by atoms with Gasteiger partial charge in [-0.05, 0) is 51.0 Å². The molecule has 1 aliphatic rings. The fourth-order valence-electron chi connectivity index (χ4n) is 3.44. The van der Waals surface area contributed by atoms with Crippen molar-refractivity contribution in [2.45, 2.75) is 53.4 Å². The van der Waals surface area contributed by atoms with Crippen LogP contribution in [-0.2, 0) is 0 Å². The van der Waals surface area contributed by atoms with Crippen molar-refractivity contribution in [2.75, 3.05) is 0 Å². The number of fused-ring (bicyclic) bond motifs is 1. The van der Waals surface area contributed by atoms with E-state index >= 15 is 0 Å². The van der Waals surface area contributed by atoms with Crippen molar-refractivity contribution in [1.82, 2.24) is 0 Å². The van der Waals surface area contributed by atoms with Gasteiger partial charge in [-0.1, -0.05) is 56.3 Å². The highest BCUT2D eigenvalue weighted by Crippen LogP contribution is 2.37. The Morgan fingerprint density at radius 3 is 2.38 bits per heavy atom. The summed E-state index contributed by atoms with van der Waals surface area (Å²) in [7, 11) is 0. The summed E-state index contributed by atoms with van der Waals surface area (Å²) >= 11 is 0. The van der Waals surface area contributed by atoms with E-state index in [1.165, 1.54) is 5.57 Å². The molecule has 1 aliphatic carbocycles. The molecule has 2 heteroatoms. The molecule has 0 saturated heterocycles. The lowest BCUT2D eigenvalue weighted by Gasteiger charge is -2.29. The van der Waals surface area contributed by atoms with E-state index in [4.69, 9.17) is 0 Å². The molecule has 1 aromatic rings. The van der Waals surface area contributed by atoms with E-state index in [9.17, 15) is 9.59 Å². The second-order valence-corrected chi connectivity index (χ2v) is 7.26. The highest BCUT2D eigenvalue weighted by Gasteiger charge is 2.29. The van der Waals surface area contributed by atoms with E-state index in [2.05, 4.69) is 39.2 Å². The number of Topliss-reactive ketones (excluding diaryl/α,β-unsaturated/α-hetero) is 2. The molecular weight excluding hydrogens is 320 g/mol. The van der Waals surface area contributed by atoms with Crippen LogP contribution in [0, 0.1) is 5.41 Å². The van der Waals surface area contributed by atoms with Crippen molar-refractivity contribution >= 4 is 11.6 Å². The SMILES string of the molecule is C=C=CCCC(C)(CC)/C(C)=C/CC1=C(C)C(=O)c2ccccc2C1=O. The Hall–Kier alpha value is -2.44. The van der Waals surface area contributed by atoms with Crippen molar-refractivity contribution in [3.63, 3.8) is 0 Å². The molecule has 2 rings (SSSR count). The summed E-state index contributed by atoms with van der Waals surface area (Å²) in [5.41, 5.74) is 6.41. The van der Waals surface area contributed by atoms with Gasteiger partial charge in [0.1, 0.15) is 0 Å². The Bertz CT molecular complexity index is 832. The first kappa shape index (κ1) is 19.9. The summed E-state index contributed by atoms with van der Waals surface area (Å²) in [6.45, 7) is 11.9. The molecule has 26 heavy (non-hydrogen) atoms. The van der Waals surface area contributed by atoms with Gasteiger partial charge >= 0.3 is 0 Å². The Balaban J connectivity index is 2.28. The zero-order chi connectivity index (χ0) is 19.3. The van der Waals surface area contributed by atoms with Crippen LogP contribution in [0.1, 0.15) is 74.1 Å². The monoisotopic (exact) mass is 348 g/mol. The second-order valence-electron chi connectivity index (χ2n) is 7.26. The molecule has 0 aliphatic heterocycles. The number of carbonyl (C=O) groups is 2. The molecule has 0 bridgehead atoms.